The molecule has 1 fully saturated rings. The van der Waals surface area contributed by atoms with Crippen LogP contribution in [0.1, 0.15) is 21.6 Å². The fourth-order valence-electron chi connectivity index (χ4n) is 3.95. The predicted octanol–water partition coefficient (Wildman–Crippen LogP) is 2.38. The summed E-state index contributed by atoms with van der Waals surface area (Å²) in [6, 6.07) is 14.4. The van der Waals surface area contributed by atoms with Gasteiger partial charge in [0.2, 0.25) is 12.7 Å². The van der Waals surface area contributed by atoms with Gasteiger partial charge in [-0.05, 0) is 48.0 Å². The van der Waals surface area contributed by atoms with Crippen molar-refractivity contribution in [3.63, 3.8) is 0 Å². The Kier molecular flexibility index (Phi) is 5.86. The van der Waals surface area contributed by atoms with Crippen molar-refractivity contribution in [1.82, 2.24) is 19.8 Å². The van der Waals surface area contributed by atoms with E-state index in [1.807, 2.05) is 36.4 Å². The van der Waals surface area contributed by atoms with E-state index in [1.165, 1.54) is 4.90 Å². The molecule has 5 rings (SSSR count). The van der Waals surface area contributed by atoms with Crippen LogP contribution in [0.15, 0.2) is 54.7 Å². The molecule has 34 heavy (non-hydrogen) atoms. The largest absolute Gasteiger partial charge is 0.454 e. The minimum Gasteiger partial charge on any atom is -0.454 e. The molecule has 2 aliphatic rings. The van der Waals surface area contributed by atoms with Crippen molar-refractivity contribution in [2.45, 2.75) is 6.42 Å². The fraction of sp³-hybridized carbons (Fsp3) is 0.250. The van der Waals surface area contributed by atoms with Gasteiger partial charge in [-0.2, -0.15) is 0 Å². The van der Waals surface area contributed by atoms with Crippen molar-refractivity contribution >= 4 is 23.6 Å². The van der Waals surface area contributed by atoms with Crippen LogP contribution in [0, 0.1) is 0 Å². The monoisotopic (exact) mass is 460 g/mol. The Labute approximate surface area is 196 Å². The van der Waals surface area contributed by atoms with Gasteiger partial charge in [0.1, 0.15) is 0 Å². The van der Waals surface area contributed by atoms with Crippen molar-refractivity contribution < 1.29 is 19.1 Å². The van der Waals surface area contributed by atoms with Crippen LogP contribution in [-0.4, -0.2) is 64.7 Å². The molecular weight excluding hydrogens is 436 g/mol. The quantitative estimate of drug-likeness (QED) is 0.599. The lowest BCUT2D eigenvalue weighted by Crippen LogP contribution is -2.52. The minimum atomic E-state index is -0.454. The van der Waals surface area contributed by atoms with Crippen molar-refractivity contribution in [3.8, 4) is 11.5 Å². The zero-order valence-corrected chi connectivity index (χ0v) is 18.4. The SMILES string of the molecule is NC(=O)N1CCN(C(=O)c2ccc(Nc3nccc(Cc4ccc5c(c4)OCO5)n3)cc2)CC1. The highest BCUT2D eigenvalue weighted by atomic mass is 16.7. The second kappa shape index (κ2) is 9.26. The number of fused-ring (bicyclic) bond motifs is 1. The minimum absolute atomic E-state index is 0.0716. The van der Waals surface area contributed by atoms with Crippen LogP contribution in [0.3, 0.4) is 0 Å². The number of hydrogen-bond donors (Lipinski definition) is 2. The van der Waals surface area contributed by atoms with E-state index in [-0.39, 0.29) is 12.7 Å². The van der Waals surface area contributed by atoms with E-state index in [1.54, 1.807) is 23.2 Å². The Morgan fingerprint density at radius 3 is 2.44 bits per heavy atom. The summed E-state index contributed by atoms with van der Waals surface area (Å²) >= 11 is 0. The van der Waals surface area contributed by atoms with E-state index in [4.69, 9.17) is 15.2 Å². The summed E-state index contributed by atoms with van der Waals surface area (Å²) < 4.78 is 10.8. The summed E-state index contributed by atoms with van der Waals surface area (Å²) in [5, 5.41) is 3.19. The van der Waals surface area contributed by atoms with E-state index in [0.29, 0.717) is 44.1 Å². The van der Waals surface area contributed by atoms with Crippen molar-refractivity contribution in [1.29, 1.82) is 0 Å². The van der Waals surface area contributed by atoms with Gasteiger partial charge in [-0.3, -0.25) is 4.79 Å². The van der Waals surface area contributed by atoms with E-state index < -0.39 is 6.03 Å². The van der Waals surface area contributed by atoms with Gasteiger partial charge in [0, 0.05) is 50.0 Å². The van der Waals surface area contributed by atoms with Gasteiger partial charge in [0.05, 0.1) is 5.69 Å². The van der Waals surface area contributed by atoms with Gasteiger partial charge in [-0.15, -0.1) is 0 Å². The number of primary amides is 1. The molecule has 1 saturated heterocycles. The van der Waals surface area contributed by atoms with Crippen LogP contribution in [-0.2, 0) is 6.42 Å². The molecule has 174 valence electrons. The molecule has 0 radical (unpaired) electrons. The number of hydrogen-bond acceptors (Lipinski definition) is 7. The number of nitrogens with two attached hydrogens (primary N) is 1. The molecule has 0 unspecified atom stereocenters. The zero-order valence-electron chi connectivity index (χ0n) is 18.4. The van der Waals surface area contributed by atoms with E-state index in [9.17, 15) is 9.59 Å². The average Bonchev–Trinajstić information content (AvgIpc) is 3.32. The van der Waals surface area contributed by atoms with Crippen molar-refractivity contribution in [2.75, 3.05) is 38.3 Å². The first kappa shape index (κ1) is 21.5. The Bertz CT molecular complexity index is 1210. The third kappa shape index (κ3) is 4.70. The number of carbonyl (C=O) groups excluding carboxylic acids is 2. The van der Waals surface area contributed by atoms with E-state index in [2.05, 4.69) is 15.3 Å². The molecule has 0 aliphatic carbocycles. The van der Waals surface area contributed by atoms with Crippen LogP contribution in [0.5, 0.6) is 11.5 Å². The maximum absolute atomic E-state index is 12.8. The van der Waals surface area contributed by atoms with Gasteiger partial charge < -0.3 is 30.3 Å². The van der Waals surface area contributed by atoms with Gasteiger partial charge in [0.15, 0.2) is 11.5 Å². The lowest BCUT2D eigenvalue weighted by atomic mass is 10.1. The number of nitrogens with one attached hydrogen (secondary N) is 1. The number of carbonyl (C=O) groups is 2. The average molecular weight is 460 g/mol. The Hall–Kier alpha value is -4.34. The maximum atomic E-state index is 12.8. The normalized spacial score (nSPS) is 14.7. The standard InChI is InChI=1S/C24H24N6O4/c25-23(32)30-11-9-29(10-12-30)22(31)17-2-4-18(5-3-17)27-24-26-8-7-19(28-24)13-16-1-6-20-21(14-16)34-15-33-20/h1-8,14H,9-13,15H2,(H2,25,32)(H,26,27,28). The number of benzene rings is 2. The van der Waals surface area contributed by atoms with E-state index >= 15 is 0 Å². The number of ether oxygens (including phenoxy) is 2. The highest BCUT2D eigenvalue weighted by molar-refractivity contribution is 5.94. The molecule has 3 amide bonds. The molecule has 3 N–H and O–H groups in total. The highest BCUT2D eigenvalue weighted by Gasteiger charge is 2.23. The van der Waals surface area contributed by atoms with Crippen molar-refractivity contribution in [3.05, 3.63) is 71.5 Å². The lowest BCUT2D eigenvalue weighted by Gasteiger charge is -2.33. The predicted molar refractivity (Wildman–Crippen MR) is 124 cm³/mol. The number of amides is 3. The molecule has 2 aliphatic heterocycles. The third-order valence-electron chi connectivity index (χ3n) is 5.80. The maximum Gasteiger partial charge on any atom is 0.314 e. The highest BCUT2D eigenvalue weighted by Crippen LogP contribution is 2.33. The number of nitrogens with zero attached hydrogens (tertiary/aromatic N) is 4. The summed E-state index contributed by atoms with van der Waals surface area (Å²) in [7, 11) is 0. The van der Waals surface area contributed by atoms with Gasteiger partial charge in [-0.1, -0.05) is 6.07 Å². The Morgan fingerprint density at radius 1 is 0.941 bits per heavy atom. The topological polar surface area (TPSA) is 123 Å². The summed E-state index contributed by atoms with van der Waals surface area (Å²) in [6.07, 6.45) is 2.34. The smallest absolute Gasteiger partial charge is 0.314 e. The molecule has 0 bridgehead atoms. The first-order valence-electron chi connectivity index (χ1n) is 11.0. The van der Waals surface area contributed by atoms with Crippen LogP contribution in [0.4, 0.5) is 16.4 Å². The van der Waals surface area contributed by atoms with Crippen molar-refractivity contribution in [2.24, 2.45) is 5.73 Å². The fourth-order valence-corrected chi connectivity index (χ4v) is 3.95. The molecule has 10 nitrogen and oxygen atoms in total. The summed E-state index contributed by atoms with van der Waals surface area (Å²) in [4.78, 5) is 36.2. The van der Waals surface area contributed by atoms with Crippen LogP contribution >= 0.6 is 0 Å². The molecule has 10 heteroatoms. The number of piperazine rings is 1. The number of anilines is 2. The van der Waals surface area contributed by atoms with E-state index in [0.717, 1.165) is 28.4 Å². The molecule has 0 saturated carbocycles. The van der Waals surface area contributed by atoms with Gasteiger partial charge in [0.25, 0.3) is 5.91 Å². The molecule has 0 atom stereocenters. The van der Waals surface area contributed by atoms with Crippen LogP contribution in [0.25, 0.3) is 0 Å². The summed E-state index contributed by atoms with van der Waals surface area (Å²) in [5.41, 5.74) is 8.58. The number of aromatic nitrogens is 2. The molecule has 3 aromatic rings. The number of urea groups is 1. The molecule has 2 aromatic carbocycles. The second-order valence-electron chi connectivity index (χ2n) is 8.06. The van der Waals surface area contributed by atoms with Crippen LogP contribution in [0.2, 0.25) is 0 Å². The summed E-state index contributed by atoms with van der Waals surface area (Å²) in [6.45, 7) is 2.07. The zero-order chi connectivity index (χ0) is 23.5. The first-order chi connectivity index (χ1) is 16.5. The number of rotatable bonds is 5. The van der Waals surface area contributed by atoms with Gasteiger partial charge in [-0.25, -0.2) is 14.8 Å². The Balaban J connectivity index is 1.20. The summed E-state index contributed by atoms with van der Waals surface area (Å²) in [5.74, 6) is 1.90. The molecule has 1 aromatic heterocycles. The first-order valence-corrected chi connectivity index (χ1v) is 11.0. The van der Waals surface area contributed by atoms with Crippen LogP contribution < -0.4 is 20.5 Å². The lowest BCUT2D eigenvalue weighted by molar-refractivity contribution is 0.0669. The third-order valence-corrected chi connectivity index (χ3v) is 5.80. The second-order valence-corrected chi connectivity index (χ2v) is 8.06. The molecule has 0 spiro atoms. The molecular formula is C24H24N6O4. The van der Waals surface area contributed by atoms with Gasteiger partial charge >= 0.3 is 6.03 Å². The Morgan fingerprint density at radius 2 is 1.68 bits per heavy atom. The molecule has 3 heterocycles.